The van der Waals surface area contributed by atoms with E-state index in [0.29, 0.717) is 5.89 Å². The van der Waals surface area contributed by atoms with E-state index in [1.165, 1.54) is 32.7 Å². The maximum atomic E-state index is 6.57. The molecule has 1 heterocycles. The molecular weight excluding hydrogens is 633 g/mol. The largest absolute Gasteiger partial charge is 0.435 e. The average Bonchev–Trinajstić information content (AvgIpc) is 3.66. The maximum Gasteiger partial charge on any atom is 0.227 e. The van der Waals surface area contributed by atoms with Crippen molar-refractivity contribution in [2.24, 2.45) is 0 Å². The van der Waals surface area contributed by atoms with Gasteiger partial charge in [-0.1, -0.05) is 140 Å². The highest BCUT2D eigenvalue weighted by molar-refractivity contribution is 5.98. The van der Waals surface area contributed by atoms with Gasteiger partial charge in [-0.2, -0.15) is 0 Å². The molecule has 0 N–H and O–H groups in total. The first-order valence-corrected chi connectivity index (χ1v) is 17.6. The monoisotopic (exact) mass is 664 g/mol. The average molecular weight is 665 g/mol. The van der Waals surface area contributed by atoms with Crippen LogP contribution in [0.1, 0.15) is 0 Å². The molecule has 0 bridgehead atoms. The fraction of sp³-hybridized carbons (Fsp3) is 0. The molecule has 0 saturated carbocycles. The second-order valence-corrected chi connectivity index (χ2v) is 13.2. The van der Waals surface area contributed by atoms with Crippen molar-refractivity contribution >= 4 is 60.5 Å². The molecule has 10 rings (SSSR count). The standard InChI is InChI=1S/C49H32N2O/c1-3-13-37-30-40(23-22-33(37)10-1)39-16-7-17-42(32-39)51(43-29-24-34-11-2-4-14-38(34)31-43)41-27-25-36(26-28-41)45-19-9-21-47-48(45)52-49(50-47)46-20-8-15-35-12-5-6-18-44(35)46/h1-32H. The molecule has 0 aliphatic rings. The number of hydrogen-bond acceptors (Lipinski definition) is 3. The number of para-hydroxylation sites is 1. The third-order valence-corrected chi connectivity index (χ3v) is 10.0. The molecule has 1 aromatic heterocycles. The Labute approximate surface area is 301 Å². The van der Waals surface area contributed by atoms with E-state index in [4.69, 9.17) is 9.40 Å². The van der Waals surface area contributed by atoms with Gasteiger partial charge in [-0.25, -0.2) is 4.98 Å². The first kappa shape index (κ1) is 29.9. The topological polar surface area (TPSA) is 29.3 Å². The molecule has 0 amide bonds. The molecule has 3 heteroatoms. The summed E-state index contributed by atoms with van der Waals surface area (Å²) in [6, 6.07) is 68.9. The van der Waals surface area contributed by atoms with Gasteiger partial charge in [-0.3, -0.25) is 0 Å². The summed E-state index contributed by atoms with van der Waals surface area (Å²) in [5, 5.41) is 7.18. The highest BCUT2D eigenvalue weighted by atomic mass is 16.3. The summed E-state index contributed by atoms with van der Waals surface area (Å²) >= 11 is 0. The lowest BCUT2D eigenvalue weighted by atomic mass is 10.00. The van der Waals surface area contributed by atoms with Crippen molar-refractivity contribution in [3.05, 3.63) is 194 Å². The summed E-state index contributed by atoms with van der Waals surface area (Å²) < 4.78 is 6.57. The van der Waals surface area contributed by atoms with Gasteiger partial charge in [0.2, 0.25) is 5.89 Å². The van der Waals surface area contributed by atoms with E-state index in [1.54, 1.807) is 0 Å². The Morgan fingerprint density at radius 2 is 0.942 bits per heavy atom. The van der Waals surface area contributed by atoms with Crippen molar-refractivity contribution in [2.45, 2.75) is 0 Å². The molecule has 244 valence electrons. The summed E-state index contributed by atoms with van der Waals surface area (Å²) in [6.45, 7) is 0. The number of fused-ring (bicyclic) bond motifs is 4. The van der Waals surface area contributed by atoms with Crippen molar-refractivity contribution in [3.8, 4) is 33.7 Å². The second kappa shape index (κ2) is 12.4. The smallest absolute Gasteiger partial charge is 0.227 e. The lowest BCUT2D eigenvalue weighted by Gasteiger charge is -2.26. The van der Waals surface area contributed by atoms with Crippen LogP contribution in [0, 0.1) is 0 Å². The van der Waals surface area contributed by atoms with Crippen molar-refractivity contribution in [2.75, 3.05) is 4.90 Å². The molecule has 9 aromatic carbocycles. The van der Waals surface area contributed by atoms with E-state index in [1.807, 2.05) is 6.07 Å². The number of aromatic nitrogens is 1. The zero-order valence-corrected chi connectivity index (χ0v) is 28.3. The summed E-state index contributed by atoms with van der Waals surface area (Å²) in [7, 11) is 0. The van der Waals surface area contributed by atoms with Gasteiger partial charge in [0.1, 0.15) is 5.52 Å². The molecule has 0 unspecified atom stereocenters. The highest BCUT2D eigenvalue weighted by Crippen LogP contribution is 2.40. The lowest BCUT2D eigenvalue weighted by Crippen LogP contribution is -2.10. The number of oxazole rings is 1. The molecule has 0 aliphatic carbocycles. The minimum Gasteiger partial charge on any atom is -0.435 e. The van der Waals surface area contributed by atoms with E-state index >= 15 is 0 Å². The van der Waals surface area contributed by atoms with Crippen LogP contribution < -0.4 is 4.90 Å². The predicted molar refractivity (Wildman–Crippen MR) is 218 cm³/mol. The molecule has 0 fully saturated rings. The Bertz CT molecular complexity index is 2920. The fourth-order valence-electron chi connectivity index (χ4n) is 7.45. The number of benzene rings is 9. The van der Waals surface area contributed by atoms with Gasteiger partial charge in [0, 0.05) is 28.2 Å². The van der Waals surface area contributed by atoms with Crippen molar-refractivity contribution < 1.29 is 4.42 Å². The van der Waals surface area contributed by atoms with Gasteiger partial charge in [-0.15, -0.1) is 0 Å². The first-order chi connectivity index (χ1) is 25.7. The Morgan fingerprint density at radius 1 is 0.365 bits per heavy atom. The zero-order valence-electron chi connectivity index (χ0n) is 28.3. The predicted octanol–water partition coefficient (Wildman–Crippen LogP) is 13.8. The number of hydrogen-bond donors (Lipinski definition) is 0. The van der Waals surface area contributed by atoms with Gasteiger partial charge >= 0.3 is 0 Å². The Hall–Kier alpha value is -6.97. The van der Waals surface area contributed by atoms with E-state index < -0.39 is 0 Å². The van der Waals surface area contributed by atoms with Gasteiger partial charge in [-0.05, 0) is 104 Å². The van der Waals surface area contributed by atoms with E-state index in [2.05, 4.69) is 193 Å². The van der Waals surface area contributed by atoms with Crippen LogP contribution in [0.5, 0.6) is 0 Å². The van der Waals surface area contributed by atoms with Crippen LogP contribution in [0.25, 0.3) is 77.1 Å². The molecule has 52 heavy (non-hydrogen) atoms. The van der Waals surface area contributed by atoms with Crippen molar-refractivity contribution in [3.63, 3.8) is 0 Å². The quantitative estimate of drug-likeness (QED) is 0.177. The minimum absolute atomic E-state index is 0.629. The third-order valence-electron chi connectivity index (χ3n) is 10.0. The Balaban J connectivity index is 1.07. The first-order valence-electron chi connectivity index (χ1n) is 17.6. The number of nitrogens with zero attached hydrogens (tertiary/aromatic N) is 2. The van der Waals surface area contributed by atoms with Gasteiger partial charge < -0.3 is 9.32 Å². The number of rotatable bonds is 6. The molecule has 3 nitrogen and oxygen atoms in total. The van der Waals surface area contributed by atoms with Gasteiger partial charge in [0.05, 0.1) is 0 Å². The van der Waals surface area contributed by atoms with E-state index in [0.717, 1.165) is 55.6 Å². The minimum atomic E-state index is 0.629. The molecule has 0 atom stereocenters. The SMILES string of the molecule is c1cc(-c2ccc3ccccc3c2)cc(N(c2ccc(-c3cccc4nc(-c5cccc6ccccc56)oc34)cc2)c2ccc3ccccc3c2)c1. The Kier molecular flexibility index (Phi) is 7.14. The van der Waals surface area contributed by atoms with E-state index in [9.17, 15) is 0 Å². The van der Waals surface area contributed by atoms with Crippen LogP contribution in [0.3, 0.4) is 0 Å². The fourth-order valence-corrected chi connectivity index (χ4v) is 7.45. The molecule has 0 radical (unpaired) electrons. The molecule has 0 saturated heterocycles. The highest BCUT2D eigenvalue weighted by Gasteiger charge is 2.17. The lowest BCUT2D eigenvalue weighted by molar-refractivity contribution is 0.621. The van der Waals surface area contributed by atoms with E-state index in [-0.39, 0.29) is 0 Å². The maximum absolute atomic E-state index is 6.57. The molecule has 0 spiro atoms. The van der Waals surface area contributed by atoms with Crippen LogP contribution in [-0.4, -0.2) is 4.98 Å². The summed E-state index contributed by atoms with van der Waals surface area (Å²) in [5.41, 5.74) is 10.3. The normalized spacial score (nSPS) is 11.5. The van der Waals surface area contributed by atoms with Crippen LogP contribution in [0.4, 0.5) is 17.1 Å². The van der Waals surface area contributed by atoms with Gasteiger partial charge in [0.15, 0.2) is 5.58 Å². The molecule has 10 aromatic rings. The van der Waals surface area contributed by atoms with Crippen molar-refractivity contribution in [1.29, 1.82) is 0 Å². The zero-order chi connectivity index (χ0) is 34.4. The van der Waals surface area contributed by atoms with Crippen LogP contribution in [-0.2, 0) is 0 Å². The van der Waals surface area contributed by atoms with Gasteiger partial charge in [0.25, 0.3) is 0 Å². The summed E-state index contributed by atoms with van der Waals surface area (Å²) in [4.78, 5) is 7.29. The number of anilines is 3. The third kappa shape index (κ3) is 5.28. The van der Waals surface area contributed by atoms with Crippen molar-refractivity contribution in [1.82, 2.24) is 4.98 Å². The van der Waals surface area contributed by atoms with Crippen LogP contribution in [0.2, 0.25) is 0 Å². The van der Waals surface area contributed by atoms with Crippen LogP contribution in [0.15, 0.2) is 199 Å². The summed E-state index contributed by atoms with van der Waals surface area (Å²) in [6.07, 6.45) is 0. The Morgan fingerprint density at radius 3 is 1.77 bits per heavy atom. The van der Waals surface area contributed by atoms with Crippen LogP contribution >= 0.6 is 0 Å². The molecule has 0 aliphatic heterocycles. The molecular formula is C49H32N2O. The second-order valence-electron chi connectivity index (χ2n) is 13.2. The summed E-state index contributed by atoms with van der Waals surface area (Å²) in [5.74, 6) is 0.629.